The summed E-state index contributed by atoms with van der Waals surface area (Å²) in [6, 6.07) is 7.98. The van der Waals surface area contributed by atoms with Gasteiger partial charge in [0, 0.05) is 19.0 Å². The molecule has 1 aromatic carbocycles. The van der Waals surface area contributed by atoms with Crippen molar-refractivity contribution in [2.75, 3.05) is 13.1 Å². The highest BCUT2D eigenvalue weighted by Gasteiger charge is 2.40. The average molecular weight is 324 g/mol. The van der Waals surface area contributed by atoms with Gasteiger partial charge in [0.25, 0.3) is 5.91 Å². The second kappa shape index (κ2) is 5.51. The number of carbonyl (C=O) groups excluding carboxylic acids is 1. The van der Waals surface area contributed by atoms with Crippen molar-refractivity contribution in [3.63, 3.8) is 0 Å². The molecule has 5 heteroatoms. The Morgan fingerprint density at radius 3 is 2.92 bits per heavy atom. The van der Waals surface area contributed by atoms with Crippen LogP contribution in [0.1, 0.15) is 40.5 Å². The van der Waals surface area contributed by atoms with E-state index in [9.17, 15) is 4.79 Å². The molecule has 2 aliphatic heterocycles. The van der Waals surface area contributed by atoms with Crippen LogP contribution in [0.3, 0.4) is 0 Å². The van der Waals surface area contributed by atoms with Gasteiger partial charge < -0.3 is 14.1 Å². The van der Waals surface area contributed by atoms with Gasteiger partial charge in [0.05, 0.1) is 6.54 Å². The van der Waals surface area contributed by atoms with Gasteiger partial charge in [-0.3, -0.25) is 4.79 Å². The number of oxazole rings is 1. The number of benzene rings is 1. The Balaban J connectivity index is 1.59. The van der Waals surface area contributed by atoms with E-state index in [1.54, 1.807) is 13.8 Å². The molecule has 1 atom stereocenters. The van der Waals surface area contributed by atoms with Crippen LogP contribution in [0.25, 0.3) is 6.08 Å². The van der Waals surface area contributed by atoms with Crippen molar-refractivity contribution < 1.29 is 13.9 Å². The molecule has 5 nitrogen and oxygen atoms in total. The number of hydrogen-bond donors (Lipinski definition) is 0. The predicted octanol–water partition coefficient (Wildman–Crippen LogP) is 3.37. The van der Waals surface area contributed by atoms with Crippen molar-refractivity contribution in [3.05, 3.63) is 53.2 Å². The summed E-state index contributed by atoms with van der Waals surface area (Å²) in [5, 5.41) is 0. The number of amides is 1. The number of ether oxygens (including phenoxy) is 1. The molecule has 0 radical (unpaired) electrons. The molecule has 0 aliphatic carbocycles. The van der Waals surface area contributed by atoms with Gasteiger partial charge in [0.2, 0.25) is 0 Å². The summed E-state index contributed by atoms with van der Waals surface area (Å²) in [5.41, 5.74) is 1.04. The molecule has 3 heterocycles. The van der Waals surface area contributed by atoms with E-state index >= 15 is 0 Å². The fraction of sp³-hybridized carbons (Fsp3) is 0.368. The molecular weight excluding hydrogens is 304 g/mol. The summed E-state index contributed by atoms with van der Waals surface area (Å²) in [6.07, 6.45) is 5.99. The molecule has 24 heavy (non-hydrogen) atoms. The fourth-order valence-electron chi connectivity index (χ4n) is 3.53. The number of rotatable bonds is 1. The summed E-state index contributed by atoms with van der Waals surface area (Å²) in [5.74, 6) is 1.88. The molecule has 0 saturated carbocycles. The third-order valence-electron chi connectivity index (χ3n) is 4.68. The van der Waals surface area contributed by atoms with Crippen LogP contribution in [0.2, 0.25) is 0 Å². The summed E-state index contributed by atoms with van der Waals surface area (Å²) < 4.78 is 11.7. The number of aryl methyl sites for hydroxylation is 2. The first-order valence-electron chi connectivity index (χ1n) is 8.27. The highest BCUT2D eigenvalue weighted by Crippen LogP contribution is 2.36. The lowest BCUT2D eigenvalue weighted by Crippen LogP contribution is -2.53. The van der Waals surface area contributed by atoms with Crippen LogP contribution in [0, 0.1) is 13.8 Å². The zero-order valence-electron chi connectivity index (χ0n) is 13.9. The molecule has 4 rings (SSSR count). The first-order valence-corrected chi connectivity index (χ1v) is 8.27. The van der Waals surface area contributed by atoms with E-state index in [4.69, 9.17) is 9.15 Å². The molecule has 1 amide bonds. The lowest BCUT2D eigenvalue weighted by Gasteiger charge is -2.42. The van der Waals surface area contributed by atoms with Crippen LogP contribution in [0.5, 0.6) is 5.75 Å². The molecule has 1 saturated heterocycles. The van der Waals surface area contributed by atoms with Crippen molar-refractivity contribution >= 4 is 12.0 Å². The second-order valence-corrected chi connectivity index (χ2v) is 6.51. The quantitative estimate of drug-likeness (QED) is 0.807. The monoisotopic (exact) mass is 324 g/mol. The SMILES string of the molecule is Cc1nc(C(=O)N2CCCC3(C=Cc4ccccc4O3)C2)c(C)o1. The Bertz CT molecular complexity index is 824. The number of nitrogens with zero attached hydrogens (tertiary/aromatic N) is 2. The first-order chi connectivity index (χ1) is 11.6. The van der Waals surface area contributed by atoms with Gasteiger partial charge in [-0.05, 0) is 31.9 Å². The van der Waals surface area contributed by atoms with Crippen LogP contribution in [-0.4, -0.2) is 34.5 Å². The smallest absolute Gasteiger partial charge is 0.276 e. The molecule has 1 aromatic heterocycles. The van der Waals surface area contributed by atoms with E-state index in [-0.39, 0.29) is 5.91 Å². The van der Waals surface area contributed by atoms with Crippen molar-refractivity contribution in [3.8, 4) is 5.75 Å². The minimum Gasteiger partial charge on any atom is -0.481 e. The second-order valence-electron chi connectivity index (χ2n) is 6.51. The molecule has 124 valence electrons. The summed E-state index contributed by atoms with van der Waals surface area (Å²) in [7, 11) is 0. The van der Waals surface area contributed by atoms with E-state index < -0.39 is 5.60 Å². The maximum Gasteiger partial charge on any atom is 0.276 e. The van der Waals surface area contributed by atoms with Gasteiger partial charge in [-0.2, -0.15) is 0 Å². The predicted molar refractivity (Wildman–Crippen MR) is 89.9 cm³/mol. The van der Waals surface area contributed by atoms with Crippen molar-refractivity contribution in [1.82, 2.24) is 9.88 Å². The Hall–Kier alpha value is -2.56. The third-order valence-corrected chi connectivity index (χ3v) is 4.68. The van der Waals surface area contributed by atoms with Gasteiger partial charge in [-0.25, -0.2) is 4.98 Å². The van der Waals surface area contributed by atoms with E-state index in [0.717, 1.165) is 24.2 Å². The number of likely N-dealkylation sites (tertiary alicyclic amines) is 1. The third kappa shape index (κ3) is 2.50. The van der Waals surface area contributed by atoms with E-state index in [1.165, 1.54) is 0 Å². The highest BCUT2D eigenvalue weighted by molar-refractivity contribution is 5.93. The van der Waals surface area contributed by atoms with Crippen molar-refractivity contribution in [1.29, 1.82) is 0 Å². The molecule has 1 spiro atoms. The molecule has 0 bridgehead atoms. The highest BCUT2D eigenvalue weighted by atomic mass is 16.5. The number of aromatic nitrogens is 1. The Kier molecular flexibility index (Phi) is 3.44. The number of fused-ring (bicyclic) bond motifs is 1. The first kappa shape index (κ1) is 15.0. The molecule has 2 aliphatic rings. The van der Waals surface area contributed by atoms with E-state index in [0.29, 0.717) is 30.4 Å². The van der Waals surface area contributed by atoms with Crippen LogP contribution in [-0.2, 0) is 0 Å². The molecular formula is C19H20N2O3. The van der Waals surface area contributed by atoms with Gasteiger partial charge in [0.1, 0.15) is 17.1 Å². The number of piperidine rings is 1. The van der Waals surface area contributed by atoms with Gasteiger partial charge in [-0.15, -0.1) is 0 Å². The average Bonchev–Trinajstić information content (AvgIpc) is 2.92. The lowest BCUT2D eigenvalue weighted by atomic mass is 9.89. The van der Waals surface area contributed by atoms with Crippen LogP contribution in [0.15, 0.2) is 34.8 Å². The van der Waals surface area contributed by atoms with Gasteiger partial charge in [-0.1, -0.05) is 24.3 Å². The van der Waals surface area contributed by atoms with Crippen LogP contribution < -0.4 is 4.74 Å². The normalized spacial score (nSPS) is 22.3. The minimum atomic E-state index is -0.449. The largest absolute Gasteiger partial charge is 0.481 e. The maximum atomic E-state index is 12.8. The number of para-hydroxylation sites is 1. The zero-order chi connectivity index (χ0) is 16.7. The molecule has 1 unspecified atom stereocenters. The molecule has 1 fully saturated rings. The summed E-state index contributed by atoms with van der Waals surface area (Å²) >= 11 is 0. The Morgan fingerprint density at radius 1 is 1.29 bits per heavy atom. The Labute approximate surface area is 140 Å². The van der Waals surface area contributed by atoms with Gasteiger partial charge >= 0.3 is 0 Å². The fourth-order valence-corrected chi connectivity index (χ4v) is 3.53. The number of carbonyl (C=O) groups is 1. The van der Waals surface area contributed by atoms with Crippen molar-refractivity contribution in [2.24, 2.45) is 0 Å². The van der Waals surface area contributed by atoms with E-state index in [2.05, 4.69) is 17.1 Å². The molecule has 2 aromatic rings. The van der Waals surface area contributed by atoms with E-state index in [1.807, 2.05) is 29.2 Å². The van der Waals surface area contributed by atoms with Crippen molar-refractivity contribution in [2.45, 2.75) is 32.3 Å². The zero-order valence-corrected chi connectivity index (χ0v) is 13.9. The lowest BCUT2D eigenvalue weighted by molar-refractivity contribution is 0.0231. The summed E-state index contributed by atoms with van der Waals surface area (Å²) in [6.45, 7) is 4.78. The standard InChI is InChI=1S/C19H20N2O3/c1-13-17(20-14(2)23-13)18(22)21-11-5-9-19(12-21)10-8-15-6-3-4-7-16(15)24-19/h3-4,6-8,10H,5,9,11-12H2,1-2H3. The molecule has 0 N–H and O–H groups in total. The van der Waals surface area contributed by atoms with Crippen LogP contribution >= 0.6 is 0 Å². The Morgan fingerprint density at radius 2 is 2.12 bits per heavy atom. The summed E-state index contributed by atoms with van der Waals surface area (Å²) in [4.78, 5) is 18.9. The number of hydrogen-bond acceptors (Lipinski definition) is 4. The minimum absolute atomic E-state index is 0.0840. The van der Waals surface area contributed by atoms with Crippen LogP contribution in [0.4, 0.5) is 0 Å². The maximum absolute atomic E-state index is 12.8. The topological polar surface area (TPSA) is 55.6 Å². The van der Waals surface area contributed by atoms with Gasteiger partial charge in [0.15, 0.2) is 11.6 Å².